The molecule has 3 rings (SSSR count). The summed E-state index contributed by atoms with van der Waals surface area (Å²) in [6, 6.07) is 0. The zero-order valence-electron chi connectivity index (χ0n) is 10.8. The van der Waals surface area contributed by atoms with Gasteiger partial charge in [-0.25, -0.2) is 4.98 Å². The molecule has 0 aromatic carbocycles. The monoisotopic (exact) mass is 308 g/mol. The zero-order chi connectivity index (χ0) is 13.5. The lowest BCUT2D eigenvalue weighted by molar-refractivity contribution is -0.141. The molecule has 3 heterocycles. The van der Waals surface area contributed by atoms with Crippen LogP contribution in [0.25, 0.3) is 0 Å². The van der Waals surface area contributed by atoms with Gasteiger partial charge in [0, 0.05) is 26.2 Å². The van der Waals surface area contributed by atoms with Crippen LogP contribution in [0.5, 0.6) is 0 Å². The van der Waals surface area contributed by atoms with Gasteiger partial charge in [0.2, 0.25) is 0 Å². The van der Waals surface area contributed by atoms with E-state index in [1.54, 1.807) is 0 Å². The van der Waals surface area contributed by atoms with Crippen molar-refractivity contribution in [1.82, 2.24) is 15.3 Å². The average molecular weight is 309 g/mol. The predicted molar refractivity (Wildman–Crippen MR) is 71.0 cm³/mol. The van der Waals surface area contributed by atoms with Crippen LogP contribution >= 0.6 is 12.4 Å². The van der Waals surface area contributed by atoms with Crippen molar-refractivity contribution in [1.29, 1.82) is 0 Å². The Labute approximate surface area is 121 Å². The lowest BCUT2D eigenvalue weighted by Gasteiger charge is -2.48. The fourth-order valence-electron chi connectivity index (χ4n) is 2.69. The van der Waals surface area contributed by atoms with Gasteiger partial charge in [0.1, 0.15) is 5.82 Å². The molecule has 1 spiro atoms. The van der Waals surface area contributed by atoms with E-state index in [1.165, 1.54) is 6.20 Å². The van der Waals surface area contributed by atoms with Crippen molar-refractivity contribution >= 4 is 18.2 Å². The molecule has 2 aliphatic rings. The number of nitrogens with one attached hydrogen (secondary N) is 1. The number of hydrogen-bond acceptors (Lipinski definition) is 4. The number of hydrogen-bond donors (Lipinski definition) is 1. The standard InChI is InChI=1S/C12H15F3N4.ClH/c13-12(14,15)9-5-16-6-10(18-9)19-3-1-11(2-4-19)7-17-8-11;/h5-6,17H,1-4,7-8H2;1H. The van der Waals surface area contributed by atoms with Crippen LogP contribution in [0.3, 0.4) is 0 Å². The molecule has 0 radical (unpaired) electrons. The molecule has 112 valence electrons. The van der Waals surface area contributed by atoms with E-state index < -0.39 is 11.9 Å². The lowest BCUT2D eigenvalue weighted by Crippen LogP contribution is -2.58. The Bertz CT molecular complexity index is 466. The smallest absolute Gasteiger partial charge is 0.355 e. The lowest BCUT2D eigenvalue weighted by atomic mass is 9.73. The van der Waals surface area contributed by atoms with Gasteiger partial charge in [0.25, 0.3) is 0 Å². The van der Waals surface area contributed by atoms with Crippen molar-refractivity contribution in [2.45, 2.75) is 19.0 Å². The number of alkyl halides is 3. The minimum Gasteiger partial charge on any atom is -0.355 e. The van der Waals surface area contributed by atoms with E-state index in [0.717, 1.165) is 45.2 Å². The molecule has 2 aliphatic heterocycles. The number of rotatable bonds is 1. The topological polar surface area (TPSA) is 41.1 Å². The van der Waals surface area contributed by atoms with Crippen LogP contribution < -0.4 is 10.2 Å². The van der Waals surface area contributed by atoms with Crippen molar-refractivity contribution in [3.05, 3.63) is 18.1 Å². The van der Waals surface area contributed by atoms with Crippen LogP contribution in [0.15, 0.2) is 12.4 Å². The molecule has 0 aliphatic carbocycles. The summed E-state index contributed by atoms with van der Waals surface area (Å²) in [5.74, 6) is 0.331. The minimum atomic E-state index is -4.43. The van der Waals surface area contributed by atoms with Crippen LogP contribution in [0.2, 0.25) is 0 Å². The summed E-state index contributed by atoms with van der Waals surface area (Å²) in [6.07, 6.45) is -0.259. The number of nitrogens with zero attached hydrogens (tertiary/aromatic N) is 3. The number of halogens is 4. The Balaban J connectivity index is 0.00000147. The van der Waals surface area contributed by atoms with Crippen LogP contribution in [-0.2, 0) is 6.18 Å². The van der Waals surface area contributed by atoms with Crippen molar-refractivity contribution in [2.24, 2.45) is 5.41 Å². The quantitative estimate of drug-likeness (QED) is 0.863. The van der Waals surface area contributed by atoms with Crippen molar-refractivity contribution in [2.75, 3.05) is 31.1 Å². The van der Waals surface area contributed by atoms with E-state index in [-0.39, 0.29) is 12.4 Å². The van der Waals surface area contributed by atoms with Crippen molar-refractivity contribution in [3.8, 4) is 0 Å². The molecule has 0 unspecified atom stereocenters. The fourth-order valence-corrected chi connectivity index (χ4v) is 2.69. The number of anilines is 1. The Hall–Kier alpha value is -1.08. The highest BCUT2D eigenvalue weighted by Crippen LogP contribution is 2.36. The molecular weight excluding hydrogens is 293 g/mol. The molecule has 1 N–H and O–H groups in total. The highest BCUT2D eigenvalue weighted by atomic mass is 35.5. The van der Waals surface area contributed by atoms with Crippen molar-refractivity contribution in [3.63, 3.8) is 0 Å². The summed E-state index contributed by atoms with van der Waals surface area (Å²) >= 11 is 0. The van der Waals surface area contributed by atoms with E-state index in [0.29, 0.717) is 11.2 Å². The molecule has 8 heteroatoms. The molecule has 0 amide bonds. The summed E-state index contributed by atoms with van der Waals surface area (Å²) in [4.78, 5) is 9.24. The van der Waals surface area contributed by atoms with Crippen molar-refractivity contribution < 1.29 is 13.2 Å². The molecule has 0 atom stereocenters. The van der Waals surface area contributed by atoms with E-state index >= 15 is 0 Å². The Morgan fingerprint density at radius 1 is 1.15 bits per heavy atom. The van der Waals surface area contributed by atoms with Gasteiger partial charge < -0.3 is 10.2 Å². The maximum absolute atomic E-state index is 12.6. The minimum absolute atomic E-state index is 0. The van der Waals surface area contributed by atoms with Gasteiger partial charge in [-0.15, -0.1) is 12.4 Å². The van der Waals surface area contributed by atoms with Gasteiger partial charge in [-0.2, -0.15) is 13.2 Å². The summed E-state index contributed by atoms with van der Waals surface area (Å²) in [6.45, 7) is 3.54. The number of piperidine rings is 1. The molecule has 0 saturated carbocycles. The molecule has 1 aromatic heterocycles. The van der Waals surface area contributed by atoms with Crippen LogP contribution in [0.1, 0.15) is 18.5 Å². The Kier molecular flexibility index (Phi) is 4.11. The molecule has 20 heavy (non-hydrogen) atoms. The van der Waals surface area contributed by atoms with Gasteiger partial charge >= 0.3 is 6.18 Å². The highest BCUT2D eigenvalue weighted by Gasteiger charge is 2.40. The Morgan fingerprint density at radius 3 is 2.30 bits per heavy atom. The van der Waals surface area contributed by atoms with E-state index in [9.17, 15) is 13.2 Å². The molecule has 2 fully saturated rings. The molecule has 2 saturated heterocycles. The van der Waals surface area contributed by atoms with E-state index in [1.807, 2.05) is 4.90 Å². The second-order valence-electron chi connectivity index (χ2n) is 5.35. The zero-order valence-corrected chi connectivity index (χ0v) is 11.6. The summed E-state index contributed by atoms with van der Waals surface area (Å²) in [5, 5.41) is 3.26. The third kappa shape index (κ3) is 2.83. The Morgan fingerprint density at radius 2 is 1.80 bits per heavy atom. The first-order chi connectivity index (χ1) is 8.99. The van der Waals surface area contributed by atoms with E-state index in [2.05, 4.69) is 15.3 Å². The summed E-state index contributed by atoms with van der Waals surface area (Å²) < 4.78 is 37.8. The SMILES string of the molecule is Cl.FC(F)(F)c1cncc(N2CCC3(CC2)CNC3)n1. The third-order valence-electron chi connectivity index (χ3n) is 4.06. The van der Waals surface area contributed by atoms with Gasteiger partial charge in [-0.05, 0) is 18.3 Å². The van der Waals surface area contributed by atoms with Gasteiger partial charge in [-0.1, -0.05) is 0 Å². The van der Waals surface area contributed by atoms with Gasteiger partial charge in [0.15, 0.2) is 5.69 Å². The highest BCUT2D eigenvalue weighted by molar-refractivity contribution is 5.85. The second-order valence-corrected chi connectivity index (χ2v) is 5.35. The second kappa shape index (κ2) is 5.37. The average Bonchev–Trinajstić information content (AvgIpc) is 2.36. The maximum atomic E-state index is 12.6. The van der Waals surface area contributed by atoms with Gasteiger partial charge in [0.05, 0.1) is 12.4 Å². The van der Waals surface area contributed by atoms with Gasteiger partial charge in [-0.3, -0.25) is 4.98 Å². The summed E-state index contributed by atoms with van der Waals surface area (Å²) in [7, 11) is 0. The van der Waals surface area contributed by atoms with Crippen LogP contribution in [-0.4, -0.2) is 36.1 Å². The van der Waals surface area contributed by atoms with Crippen LogP contribution in [0, 0.1) is 5.41 Å². The number of aromatic nitrogens is 2. The normalized spacial score (nSPS) is 21.2. The molecule has 0 bridgehead atoms. The molecular formula is C12H16ClF3N4. The maximum Gasteiger partial charge on any atom is 0.434 e. The predicted octanol–water partition coefficient (Wildman–Crippen LogP) is 2.11. The fraction of sp³-hybridized carbons (Fsp3) is 0.667. The summed E-state index contributed by atoms with van der Waals surface area (Å²) in [5.41, 5.74) is -0.554. The first kappa shape index (κ1) is 15.3. The first-order valence-electron chi connectivity index (χ1n) is 6.34. The molecule has 1 aromatic rings. The largest absolute Gasteiger partial charge is 0.434 e. The first-order valence-corrected chi connectivity index (χ1v) is 6.34. The molecule has 4 nitrogen and oxygen atoms in total. The van der Waals surface area contributed by atoms with E-state index in [4.69, 9.17) is 0 Å². The van der Waals surface area contributed by atoms with Crippen LogP contribution in [0.4, 0.5) is 19.0 Å². The third-order valence-corrected chi connectivity index (χ3v) is 4.06.